The number of nitriles is 1. The number of likely N-dealkylation sites (tertiary alicyclic amines) is 1. The molecule has 0 aromatic heterocycles. The normalized spacial score (nSPS) is 34.0. The van der Waals surface area contributed by atoms with Crippen LogP contribution in [0.15, 0.2) is 0 Å². The number of hydrogen-bond acceptors (Lipinski definition) is 4. The summed E-state index contributed by atoms with van der Waals surface area (Å²) >= 11 is 0. The van der Waals surface area contributed by atoms with E-state index in [0.29, 0.717) is 5.92 Å². The Morgan fingerprint density at radius 3 is 2.65 bits per heavy atom. The minimum atomic E-state index is -0.397. The Labute approximate surface area is 121 Å². The van der Waals surface area contributed by atoms with Crippen LogP contribution in [0.1, 0.15) is 44.9 Å². The van der Waals surface area contributed by atoms with Gasteiger partial charge in [-0.15, -0.1) is 0 Å². The minimum Gasteiger partial charge on any atom is -0.388 e. The van der Waals surface area contributed by atoms with E-state index in [0.717, 1.165) is 65.0 Å². The molecule has 2 heterocycles. The summed E-state index contributed by atoms with van der Waals surface area (Å²) in [7, 11) is 0. The Kier molecular flexibility index (Phi) is 4.03. The molecule has 0 aromatic carbocycles. The molecule has 2 saturated heterocycles. The van der Waals surface area contributed by atoms with Crippen molar-refractivity contribution >= 4 is 0 Å². The molecule has 3 aliphatic rings. The lowest BCUT2D eigenvalue weighted by Crippen LogP contribution is -2.36. The van der Waals surface area contributed by atoms with Gasteiger partial charge in [-0.1, -0.05) is 0 Å². The lowest BCUT2D eigenvalue weighted by molar-refractivity contribution is 0.0244. The maximum atomic E-state index is 10.5. The molecule has 1 N–H and O–H groups in total. The Hall–Kier alpha value is -0.630. The van der Waals surface area contributed by atoms with Gasteiger partial charge in [0.15, 0.2) is 0 Å². The largest absolute Gasteiger partial charge is 0.388 e. The molecule has 0 aromatic rings. The fourth-order valence-electron chi connectivity index (χ4n) is 3.86. The van der Waals surface area contributed by atoms with Gasteiger partial charge in [-0.3, -0.25) is 0 Å². The smallest absolute Gasteiger partial charge is 0.0814 e. The summed E-state index contributed by atoms with van der Waals surface area (Å²) in [6.45, 7) is 4.37. The average molecular weight is 278 g/mol. The third-order valence-corrected chi connectivity index (χ3v) is 5.51. The molecule has 1 atom stereocenters. The third kappa shape index (κ3) is 3.00. The second-order valence-corrected chi connectivity index (χ2v) is 7.01. The number of nitrogens with zero attached hydrogens (tertiary/aromatic N) is 2. The molecular formula is C16H26N2O2. The number of aliphatic hydroxyl groups is 1. The second kappa shape index (κ2) is 5.63. The molecule has 1 aliphatic carbocycles. The second-order valence-electron chi connectivity index (χ2n) is 7.01. The topological polar surface area (TPSA) is 56.5 Å². The van der Waals surface area contributed by atoms with Crippen molar-refractivity contribution < 1.29 is 9.84 Å². The average Bonchev–Trinajstić information content (AvgIpc) is 3.26. The molecule has 4 nitrogen and oxygen atoms in total. The van der Waals surface area contributed by atoms with E-state index in [1.807, 2.05) is 0 Å². The van der Waals surface area contributed by atoms with Crippen molar-refractivity contribution in [3.05, 3.63) is 0 Å². The van der Waals surface area contributed by atoms with Crippen molar-refractivity contribution in [3.63, 3.8) is 0 Å². The van der Waals surface area contributed by atoms with Crippen LogP contribution in [0.4, 0.5) is 0 Å². The Morgan fingerprint density at radius 1 is 1.25 bits per heavy atom. The highest BCUT2D eigenvalue weighted by molar-refractivity contribution is 5.02. The van der Waals surface area contributed by atoms with E-state index in [1.54, 1.807) is 0 Å². The summed E-state index contributed by atoms with van der Waals surface area (Å²) in [6.07, 6.45) is 7.17. The summed E-state index contributed by atoms with van der Waals surface area (Å²) in [6, 6.07) is 2.54. The van der Waals surface area contributed by atoms with Crippen LogP contribution in [0.2, 0.25) is 0 Å². The van der Waals surface area contributed by atoms with E-state index >= 15 is 0 Å². The van der Waals surface area contributed by atoms with Crippen LogP contribution in [-0.2, 0) is 4.74 Å². The van der Waals surface area contributed by atoms with Crippen molar-refractivity contribution in [2.75, 3.05) is 32.8 Å². The molecule has 1 unspecified atom stereocenters. The Morgan fingerprint density at radius 2 is 2.00 bits per heavy atom. The Balaban J connectivity index is 1.43. The zero-order valence-corrected chi connectivity index (χ0v) is 12.3. The zero-order valence-electron chi connectivity index (χ0n) is 12.3. The zero-order chi connectivity index (χ0) is 14.1. The molecule has 3 rings (SSSR count). The van der Waals surface area contributed by atoms with Crippen LogP contribution >= 0.6 is 0 Å². The van der Waals surface area contributed by atoms with Crippen LogP contribution in [0.25, 0.3) is 0 Å². The van der Waals surface area contributed by atoms with Crippen LogP contribution in [0.5, 0.6) is 0 Å². The molecule has 3 fully saturated rings. The number of ether oxygens (including phenoxy) is 1. The number of hydrogen-bond donors (Lipinski definition) is 1. The van der Waals surface area contributed by atoms with E-state index < -0.39 is 5.60 Å². The van der Waals surface area contributed by atoms with Gasteiger partial charge in [0.25, 0.3) is 0 Å². The molecule has 2 aliphatic heterocycles. The summed E-state index contributed by atoms with van der Waals surface area (Å²) in [4.78, 5) is 2.39. The van der Waals surface area contributed by atoms with Crippen LogP contribution in [0.3, 0.4) is 0 Å². The van der Waals surface area contributed by atoms with Gasteiger partial charge in [-0.25, -0.2) is 0 Å². The van der Waals surface area contributed by atoms with E-state index in [9.17, 15) is 10.4 Å². The maximum absolute atomic E-state index is 10.5. The van der Waals surface area contributed by atoms with E-state index in [1.165, 1.54) is 12.8 Å². The summed E-state index contributed by atoms with van der Waals surface area (Å²) < 4.78 is 5.37. The first-order chi connectivity index (χ1) is 9.66. The van der Waals surface area contributed by atoms with E-state index in [-0.39, 0.29) is 5.41 Å². The molecule has 0 amide bonds. The first-order valence-corrected chi connectivity index (χ1v) is 8.10. The molecule has 112 valence electrons. The van der Waals surface area contributed by atoms with Gasteiger partial charge in [0.05, 0.1) is 17.1 Å². The molecule has 20 heavy (non-hydrogen) atoms. The first kappa shape index (κ1) is 14.3. The summed E-state index contributed by atoms with van der Waals surface area (Å²) in [5.74, 6) is 0.563. The fourth-order valence-corrected chi connectivity index (χ4v) is 3.86. The minimum absolute atomic E-state index is 0.148. The Bertz CT molecular complexity index is 382. The van der Waals surface area contributed by atoms with Crippen molar-refractivity contribution in [3.8, 4) is 6.07 Å². The lowest BCUT2D eigenvalue weighted by atomic mass is 9.78. The lowest BCUT2D eigenvalue weighted by Gasteiger charge is -2.31. The van der Waals surface area contributed by atoms with Gasteiger partial charge in [-0.2, -0.15) is 5.26 Å². The summed E-state index contributed by atoms with van der Waals surface area (Å²) in [5.41, 5.74) is -0.545. The molecular weight excluding hydrogens is 252 g/mol. The van der Waals surface area contributed by atoms with Gasteiger partial charge in [0.1, 0.15) is 0 Å². The molecule has 4 heteroatoms. The van der Waals surface area contributed by atoms with Crippen molar-refractivity contribution in [1.82, 2.24) is 4.90 Å². The van der Waals surface area contributed by atoms with Gasteiger partial charge in [0.2, 0.25) is 0 Å². The van der Waals surface area contributed by atoms with Gasteiger partial charge < -0.3 is 14.7 Å². The third-order valence-electron chi connectivity index (χ3n) is 5.51. The fraction of sp³-hybridized carbons (Fsp3) is 0.938. The highest BCUT2D eigenvalue weighted by Gasteiger charge is 2.47. The monoisotopic (exact) mass is 278 g/mol. The van der Waals surface area contributed by atoms with Crippen LogP contribution in [0, 0.1) is 22.7 Å². The van der Waals surface area contributed by atoms with E-state index in [4.69, 9.17) is 4.74 Å². The van der Waals surface area contributed by atoms with Crippen molar-refractivity contribution in [2.45, 2.75) is 50.5 Å². The van der Waals surface area contributed by atoms with Crippen LogP contribution in [-0.4, -0.2) is 48.5 Å². The molecule has 1 saturated carbocycles. The quantitative estimate of drug-likeness (QED) is 0.835. The molecule has 0 bridgehead atoms. The molecule has 0 radical (unpaired) electrons. The highest BCUT2D eigenvalue weighted by atomic mass is 16.5. The van der Waals surface area contributed by atoms with Crippen LogP contribution < -0.4 is 0 Å². The summed E-state index contributed by atoms with van der Waals surface area (Å²) in [5, 5.41) is 20.0. The SMILES string of the molecule is N#CC1(CCCN2CCC(O)(C3CC3)C2)CCOCC1. The number of rotatable bonds is 5. The first-order valence-electron chi connectivity index (χ1n) is 8.10. The van der Waals surface area contributed by atoms with Crippen molar-refractivity contribution in [1.29, 1.82) is 5.26 Å². The standard InChI is InChI=1S/C16H26N2O2/c17-12-15(6-10-20-11-7-15)4-1-8-18-9-5-16(19,13-18)14-2-3-14/h14,19H,1-11,13H2. The van der Waals surface area contributed by atoms with E-state index in [2.05, 4.69) is 11.0 Å². The van der Waals surface area contributed by atoms with Gasteiger partial charge in [0, 0.05) is 26.3 Å². The predicted octanol–water partition coefficient (Wildman–Crippen LogP) is 1.93. The predicted molar refractivity (Wildman–Crippen MR) is 76.1 cm³/mol. The molecule has 0 spiro atoms. The maximum Gasteiger partial charge on any atom is 0.0814 e. The number of β-amino-alcohol motifs (C(OH)–C–C–N with tert-alkyl or cyclic N) is 1. The van der Waals surface area contributed by atoms with Crippen molar-refractivity contribution in [2.24, 2.45) is 11.3 Å². The van der Waals surface area contributed by atoms with Gasteiger partial charge >= 0.3 is 0 Å². The highest BCUT2D eigenvalue weighted by Crippen LogP contribution is 2.44. The van der Waals surface area contributed by atoms with Gasteiger partial charge in [-0.05, 0) is 57.4 Å².